The zero-order valence-corrected chi connectivity index (χ0v) is 31.6. The molecule has 260 valence electrons. The van der Waals surface area contributed by atoms with Gasteiger partial charge in [-0.1, -0.05) is 116 Å². The molecule has 6 atom stereocenters. The summed E-state index contributed by atoms with van der Waals surface area (Å²) in [7, 11) is 3.49. The summed E-state index contributed by atoms with van der Waals surface area (Å²) in [6.07, 6.45) is 0.390. The van der Waals surface area contributed by atoms with E-state index in [1.807, 2.05) is 91.0 Å². The number of hydrogen-bond donors (Lipinski definition) is 2. The van der Waals surface area contributed by atoms with Crippen LogP contribution in [-0.2, 0) is 15.0 Å². The molecule has 1 fully saturated rings. The van der Waals surface area contributed by atoms with Crippen LogP contribution in [0.4, 0.5) is 5.69 Å². The molecule has 2 aliphatic heterocycles. The zero-order chi connectivity index (χ0) is 33.5. The molecule has 0 saturated carbocycles. The van der Waals surface area contributed by atoms with Gasteiger partial charge in [0.25, 0.3) is 0 Å². The number of rotatable bonds is 9. The number of nitrogens with one attached hydrogen (secondary N) is 1. The molecule has 0 bridgehead atoms. The largest absolute Gasteiger partial charge is 0.386 e. The Balaban J connectivity index is 0.00000270. The first kappa shape index (κ1) is 38.8. The quantitative estimate of drug-likeness (QED) is 0.182. The average molecular weight is 739 g/mol. The van der Waals surface area contributed by atoms with E-state index in [4.69, 9.17) is 23.2 Å². The molecule has 1 spiro atoms. The predicted octanol–water partition coefficient (Wildman–Crippen LogP) is 8.24. The molecule has 0 unspecified atom stereocenters. The number of nitrogens with zero attached hydrogens (tertiary/aromatic N) is 2. The Kier molecular flexibility index (Phi) is 12.6. The number of benzene rings is 4. The summed E-state index contributed by atoms with van der Waals surface area (Å²) in [6, 6.07) is 30.4. The highest BCUT2D eigenvalue weighted by Crippen LogP contribution is 2.62. The van der Waals surface area contributed by atoms with Gasteiger partial charge in [-0.2, -0.15) is 27.0 Å². The molecular formula is C39H45Cl2N3O3S2. The van der Waals surface area contributed by atoms with E-state index in [0.29, 0.717) is 28.1 Å². The van der Waals surface area contributed by atoms with Gasteiger partial charge in [-0.3, -0.25) is 14.5 Å². The van der Waals surface area contributed by atoms with Crippen LogP contribution in [0.3, 0.4) is 0 Å². The van der Waals surface area contributed by atoms with E-state index in [1.165, 1.54) is 0 Å². The fourth-order valence-electron chi connectivity index (χ4n) is 7.94. The van der Waals surface area contributed by atoms with E-state index in [1.54, 1.807) is 31.1 Å². The van der Waals surface area contributed by atoms with Crippen molar-refractivity contribution in [2.24, 2.45) is 5.92 Å². The van der Waals surface area contributed by atoms with E-state index < -0.39 is 35.6 Å². The van der Waals surface area contributed by atoms with Crippen molar-refractivity contribution in [1.29, 1.82) is 0 Å². The van der Waals surface area contributed by atoms with Crippen molar-refractivity contribution in [2.45, 2.75) is 62.3 Å². The summed E-state index contributed by atoms with van der Waals surface area (Å²) in [4.78, 5) is 33.6. The minimum absolute atomic E-state index is 0. The summed E-state index contributed by atoms with van der Waals surface area (Å²) in [6.45, 7) is 4.33. The Hall–Kier alpha value is -2.98. The fraction of sp³-hybridized carbons (Fsp3) is 0.333. The lowest BCUT2D eigenvalue weighted by Gasteiger charge is -2.42. The monoisotopic (exact) mass is 737 g/mol. The molecule has 0 aromatic heterocycles. The van der Waals surface area contributed by atoms with Crippen LogP contribution in [-0.4, -0.2) is 52.9 Å². The van der Waals surface area contributed by atoms with E-state index in [2.05, 4.69) is 24.1 Å². The molecule has 0 radical (unpaired) electrons. The highest BCUT2D eigenvalue weighted by molar-refractivity contribution is 7.59. The van der Waals surface area contributed by atoms with Gasteiger partial charge in [0.2, 0.25) is 11.8 Å². The van der Waals surface area contributed by atoms with Crippen molar-refractivity contribution in [3.63, 3.8) is 0 Å². The number of carbonyl (C=O) groups excluding carboxylic acids is 2. The second kappa shape index (κ2) is 15.9. The molecular weight excluding hydrogens is 693 g/mol. The standard InChI is InChI=1S/C39H41Cl2N3O3.2H2S/c1-24(2)18-21-32-39(30-20-19-29(41)23-31(30)42-38(39)47)33(27-16-11-17-28(40)22-27)35(37(46)43(3)4)44(32)34(25-12-7-5-8-13-25)36(45)26-14-9-6-10-15-26;;/h5-17,19-20,22-24,32-36,45H,18,21H2,1-4H3,(H,42,47);2*1H2/t32-,33+,34-,35-,36+,39+;;/m1../s1. The first-order valence-corrected chi connectivity index (χ1v) is 16.9. The Morgan fingerprint density at radius 1 is 0.878 bits per heavy atom. The number of amides is 2. The third-order valence-corrected chi connectivity index (χ3v) is 10.4. The lowest BCUT2D eigenvalue weighted by atomic mass is 9.63. The number of hydrogen-bond acceptors (Lipinski definition) is 4. The Morgan fingerprint density at radius 3 is 2.08 bits per heavy atom. The Morgan fingerprint density at radius 2 is 1.49 bits per heavy atom. The predicted molar refractivity (Wildman–Crippen MR) is 209 cm³/mol. The van der Waals surface area contributed by atoms with Crippen molar-refractivity contribution in [3.05, 3.63) is 135 Å². The van der Waals surface area contributed by atoms with Crippen LogP contribution in [0, 0.1) is 5.92 Å². The van der Waals surface area contributed by atoms with Crippen LogP contribution in [0.5, 0.6) is 0 Å². The van der Waals surface area contributed by atoms with Crippen LogP contribution >= 0.6 is 50.2 Å². The summed E-state index contributed by atoms with van der Waals surface area (Å²) >= 11 is 13.2. The van der Waals surface area contributed by atoms with Crippen LogP contribution in [0.25, 0.3) is 0 Å². The van der Waals surface area contributed by atoms with Gasteiger partial charge < -0.3 is 15.3 Å². The van der Waals surface area contributed by atoms with Crippen molar-refractivity contribution < 1.29 is 14.7 Å². The molecule has 2 heterocycles. The first-order valence-electron chi connectivity index (χ1n) is 16.2. The molecule has 4 aromatic rings. The average Bonchev–Trinajstić information content (AvgIpc) is 3.51. The summed E-state index contributed by atoms with van der Waals surface area (Å²) < 4.78 is 0. The van der Waals surface area contributed by atoms with Crippen LogP contribution < -0.4 is 5.32 Å². The number of anilines is 1. The molecule has 2 amide bonds. The van der Waals surface area contributed by atoms with Crippen molar-refractivity contribution in [2.75, 3.05) is 19.4 Å². The zero-order valence-electron chi connectivity index (χ0n) is 28.1. The van der Waals surface area contributed by atoms with Gasteiger partial charge in [-0.25, -0.2) is 0 Å². The van der Waals surface area contributed by atoms with Crippen molar-refractivity contribution in [3.8, 4) is 0 Å². The van der Waals surface area contributed by atoms with E-state index in [9.17, 15) is 14.7 Å². The number of fused-ring (bicyclic) bond motifs is 2. The second-order valence-corrected chi connectivity index (χ2v) is 14.2. The summed E-state index contributed by atoms with van der Waals surface area (Å²) in [5, 5.41) is 16.7. The second-order valence-electron chi connectivity index (χ2n) is 13.4. The smallest absolute Gasteiger partial charge is 0.240 e. The minimum Gasteiger partial charge on any atom is -0.386 e. The molecule has 6 rings (SSSR count). The third-order valence-electron chi connectivity index (χ3n) is 9.89. The molecule has 0 aliphatic carbocycles. The molecule has 1 saturated heterocycles. The first-order chi connectivity index (χ1) is 22.5. The number of likely N-dealkylation sites (N-methyl/N-ethyl adjacent to an activating group) is 1. The van der Waals surface area contributed by atoms with E-state index in [0.717, 1.165) is 28.7 Å². The highest BCUT2D eigenvalue weighted by Gasteiger charge is 2.69. The molecule has 6 nitrogen and oxygen atoms in total. The number of aliphatic hydroxyl groups is 1. The van der Waals surface area contributed by atoms with Gasteiger partial charge in [-0.05, 0) is 65.3 Å². The van der Waals surface area contributed by atoms with Crippen LogP contribution in [0.15, 0.2) is 103 Å². The Labute approximate surface area is 313 Å². The SMILES string of the molecule is CC(C)CC[C@H]1N([C@H](c2ccccc2)[C@@H](O)c2ccccc2)[C@@H](C(=O)N(C)C)[C@H](c2cccc(Cl)c2)[C@@]12C(=O)Nc1cc(Cl)ccc12.S.S. The molecule has 49 heavy (non-hydrogen) atoms. The van der Waals surface area contributed by atoms with E-state index in [-0.39, 0.29) is 38.8 Å². The summed E-state index contributed by atoms with van der Waals surface area (Å²) in [5.74, 6) is -0.665. The lowest BCUT2D eigenvalue weighted by Crippen LogP contribution is -2.51. The number of carbonyl (C=O) groups is 2. The summed E-state index contributed by atoms with van der Waals surface area (Å²) in [5.41, 5.74) is 2.59. The number of likely N-dealkylation sites (tertiary alicyclic amines) is 1. The molecule has 10 heteroatoms. The lowest BCUT2D eigenvalue weighted by molar-refractivity contribution is -0.136. The van der Waals surface area contributed by atoms with E-state index >= 15 is 0 Å². The fourth-order valence-corrected chi connectivity index (χ4v) is 8.31. The Bertz CT molecular complexity index is 1760. The van der Waals surface area contributed by atoms with Crippen molar-refractivity contribution >= 4 is 67.7 Å². The van der Waals surface area contributed by atoms with Crippen LogP contribution in [0.2, 0.25) is 10.0 Å². The van der Waals surface area contributed by atoms with Gasteiger partial charge in [-0.15, -0.1) is 0 Å². The normalized spacial score (nSPS) is 22.5. The molecule has 4 aromatic carbocycles. The minimum atomic E-state index is -1.21. The molecule has 2 aliphatic rings. The topological polar surface area (TPSA) is 72.9 Å². The van der Waals surface area contributed by atoms with Crippen LogP contribution in [0.1, 0.15) is 67.0 Å². The third kappa shape index (κ3) is 7.01. The number of halogens is 2. The highest BCUT2D eigenvalue weighted by atomic mass is 35.5. The van der Waals surface area contributed by atoms with Gasteiger partial charge in [0, 0.05) is 41.8 Å². The molecule has 2 N–H and O–H groups in total. The van der Waals surface area contributed by atoms with Gasteiger partial charge in [0.1, 0.15) is 5.41 Å². The maximum Gasteiger partial charge on any atom is 0.240 e. The van der Waals surface area contributed by atoms with Crippen molar-refractivity contribution in [1.82, 2.24) is 9.80 Å². The van der Waals surface area contributed by atoms with Gasteiger partial charge in [0.15, 0.2) is 0 Å². The van der Waals surface area contributed by atoms with Gasteiger partial charge >= 0.3 is 0 Å². The maximum absolute atomic E-state index is 15.0. The number of aliphatic hydroxyl groups excluding tert-OH is 1. The van der Waals surface area contributed by atoms with Gasteiger partial charge in [0.05, 0.1) is 18.2 Å². The maximum atomic E-state index is 15.0.